The van der Waals surface area contributed by atoms with Crippen LogP contribution in [-0.2, 0) is 12.6 Å². The van der Waals surface area contributed by atoms with Crippen LogP contribution in [0.4, 0.5) is 4.79 Å². The third-order valence-electron chi connectivity index (χ3n) is 5.41. The van der Waals surface area contributed by atoms with Crippen LogP contribution >= 0.6 is 0 Å². The van der Waals surface area contributed by atoms with Gasteiger partial charge in [-0.25, -0.2) is 4.79 Å². The maximum atomic E-state index is 12.7. The summed E-state index contributed by atoms with van der Waals surface area (Å²) in [6.07, 6.45) is 4.40. The maximum absolute atomic E-state index is 12.7. The van der Waals surface area contributed by atoms with Gasteiger partial charge >= 0.3 is 6.03 Å². The van der Waals surface area contributed by atoms with Crippen LogP contribution in [0.15, 0.2) is 24.5 Å². The first-order valence-electron chi connectivity index (χ1n) is 9.00. The standard InChI is InChI=1S/C19H27N5O2/c1-13(17-14(2)22-23(4)15(17)3)21-18(25)24-10-7-19(26,8-11-24)16-6-5-9-20-12-16/h5-6,9,12-13,26H,7-8,10-11H2,1-4H3,(H,21,25). The van der Waals surface area contributed by atoms with E-state index in [1.807, 2.05) is 44.6 Å². The number of nitrogens with zero attached hydrogens (tertiary/aromatic N) is 4. The molecule has 1 atom stereocenters. The number of pyridine rings is 1. The van der Waals surface area contributed by atoms with Gasteiger partial charge in [0.15, 0.2) is 0 Å². The Hall–Kier alpha value is -2.41. The van der Waals surface area contributed by atoms with Gasteiger partial charge in [-0.05, 0) is 39.7 Å². The third-order valence-corrected chi connectivity index (χ3v) is 5.41. The van der Waals surface area contributed by atoms with Crippen LogP contribution in [0.5, 0.6) is 0 Å². The molecule has 0 saturated carbocycles. The zero-order valence-electron chi connectivity index (χ0n) is 15.9. The molecule has 1 aliphatic rings. The van der Waals surface area contributed by atoms with Crippen molar-refractivity contribution in [3.05, 3.63) is 47.0 Å². The van der Waals surface area contributed by atoms with E-state index in [1.54, 1.807) is 17.3 Å². The summed E-state index contributed by atoms with van der Waals surface area (Å²) in [6.45, 7) is 6.96. The van der Waals surface area contributed by atoms with E-state index < -0.39 is 5.60 Å². The average Bonchev–Trinajstić information content (AvgIpc) is 2.88. The van der Waals surface area contributed by atoms with Crippen molar-refractivity contribution in [1.29, 1.82) is 0 Å². The lowest BCUT2D eigenvalue weighted by atomic mass is 9.85. The van der Waals surface area contributed by atoms with Crippen molar-refractivity contribution >= 4 is 6.03 Å². The molecule has 2 amide bonds. The van der Waals surface area contributed by atoms with Crippen LogP contribution in [0.1, 0.15) is 48.3 Å². The van der Waals surface area contributed by atoms with Gasteiger partial charge in [0.2, 0.25) is 0 Å². The number of urea groups is 1. The van der Waals surface area contributed by atoms with Crippen molar-refractivity contribution in [3.63, 3.8) is 0 Å². The molecule has 3 heterocycles. The molecule has 26 heavy (non-hydrogen) atoms. The monoisotopic (exact) mass is 357 g/mol. The predicted molar refractivity (Wildman–Crippen MR) is 98.6 cm³/mol. The van der Waals surface area contributed by atoms with E-state index in [-0.39, 0.29) is 12.1 Å². The first-order chi connectivity index (χ1) is 12.3. The molecule has 0 aromatic carbocycles. The molecule has 140 valence electrons. The number of nitrogens with one attached hydrogen (secondary N) is 1. The number of aromatic nitrogens is 3. The molecule has 0 spiro atoms. The van der Waals surface area contributed by atoms with Crippen LogP contribution < -0.4 is 5.32 Å². The minimum atomic E-state index is -0.910. The lowest BCUT2D eigenvalue weighted by molar-refractivity contribution is -0.0172. The number of likely N-dealkylation sites (tertiary alicyclic amines) is 1. The van der Waals surface area contributed by atoms with Crippen LogP contribution in [0.2, 0.25) is 0 Å². The average molecular weight is 357 g/mol. The highest BCUT2D eigenvalue weighted by Crippen LogP contribution is 2.32. The van der Waals surface area contributed by atoms with E-state index in [1.165, 1.54) is 0 Å². The molecule has 2 aromatic rings. The van der Waals surface area contributed by atoms with Crippen molar-refractivity contribution in [2.24, 2.45) is 7.05 Å². The number of aliphatic hydroxyl groups is 1. The van der Waals surface area contributed by atoms with Crippen molar-refractivity contribution < 1.29 is 9.90 Å². The Kier molecular flexibility index (Phi) is 5.00. The summed E-state index contributed by atoms with van der Waals surface area (Å²) in [5, 5.41) is 18.4. The summed E-state index contributed by atoms with van der Waals surface area (Å²) in [7, 11) is 1.91. The highest BCUT2D eigenvalue weighted by atomic mass is 16.3. The fourth-order valence-corrected chi connectivity index (χ4v) is 3.77. The zero-order valence-corrected chi connectivity index (χ0v) is 15.9. The van der Waals surface area contributed by atoms with E-state index in [9.17, 15) is 9.90 Å². The smallest absolute Gasteiger partial charge is 0.317 e. The second kappa shape index (κ2) is 7.07. The number of hydrogen-bond donors (Lipinski definition) is 2. The lowest BCUT2D eigenvalue weighted by Crippen LogP contribution is -2.49. The highest BCUT2D eigenvalue weighted by molar-refractivity contribution is 5.75. The van der Waals surface area contributed by atoms with Gasteiger partial charge in [0.1, 0.15) is 0 Å². The number of aryl methyl sites for hydroxylation is 2. The van der Waals surface area contributed by atoms with Gasteiger partial charge in [0, 0.05) is 49.4 Å². The molecule has 3 rings (SSSR count). The van der Waals surface area contributed by atoms with Gasteiger partial charge in [-0.3, -0.25) is 9.67 Å². The molecule has 7 heteroatoms. The number of piperidine rings is 1. The van der Waals surface area contributed by atoms with Gasteiger partial charge in [-0.2, -0.15) is 5.10 Å². The Morgan fingerprint density at radius 2 is 2.04 bits per heavy atom. The normalized spacial score (nSPS) is 17.8. The number of carbonyl (C=O) groups excluding carboxylic acids is 1. The Bertz CT molecular complexity index is 779. The minimum absolute atomic E-state index is 0.103. The van der Waals surface area contributed by atoms with E-state index >= 15 is 0 Å². The number of amides is 2. The molecule has 0 bridgehead atoms. The fourth-order valence-electron chi connectivity index (χ4n) is 3.77. The summed E-state index contributed by atoms with van der Waals surface area (Å²) in [4.78, 5) is 18.5. The van der Waals surface area contributed by atoms with Crippen LogP contribution in [0, 0.1) is 13.8 Å². The summed E-state index contributed by atoms with van der Waals surface area (Å²) >= 11 is 0. The minimum Gasteiger partial charge on any atom is -0.385 e. The molecule has 1 aliphatic heterocycles. The Morgan fingerprint density at radius 1 is 1.35 bits per heavy atom. The molecular formula is C19H27N5O2. The Morgan fingerprint density at radius 3 is 2.58 bits per heavy atom. The Balaban J connectivity index is 1.62. The SMILES string of the molecule is Cc1nn(C)c(C)c1C(C)NC(=O)N1CCC(O)(c2cccnc2)CC1. The van der Waals surface area contributed by atoms with E-state index in [0.717, 1.165) is 22.5 Å². The molecule has 2 aromatic heterocycles. The van der Waals surface area contributed by atoms with Gasteiger partial charge in [-0.15, -0.1) is 0 Å². The number of rotatable bonds is 3. The summed E-state index contributed by atoms with van der Waals surface area (Å²) in [6, 6.07) is 3.49. The second-order valence-electron chi connectivity index (χ2n) is 7.14. The van der Waals surface area contributed by atoms with Crippen LogP contribution in [0.25, 0.3) is 0 Å². The van der Waals surface area contributed by atoms with Gasteiger partial charge in [-0.1, -0.05) is 6.07 Å². The van der Waals surface area contributed by atoms with Crippen molar-refractivity contribution in [1.82, 2.24) is 25.0 Å². The fraction of sp³-hybridized carbons (Fsp3) is 0.526. The molecule has 1 unspecified atom stereocenters. The van der Waals surface area contributed by atoms with Crippen molar-refractivity contribution in [2.75, 3.05) is 13.1 Å². The van der Waals surface area contributed by atoms with E-state index in [4.69, 9.17) is 0 Å². The summed E-state index contributed by atoms with van der Waals surface area (Å²) < 4.78 is 1.84. The molecule has 1 saturated heterocycles. The van der Waals surface area contributed by atoms with Crippen molar-refractivity contribution in [3.8, 4) is 0 Å². The van der Waals surface area contributed by atoms with E-state index in [2.05, 4.69) is 15.4 Å². The van der Waals surface area contributed by atoms with Crippen molar-refractivity contribution in [2.45, 2.75) is 45.3 Å². The number of hydrogen-bond acceptors (Lipinski definition) is 4. The molecule has 0 aliphatic carbocycles. The lowest BCUT2D eigenvalue weighted by Gasteiger charge is -2.38. The predicted octanol–water partition coefficient (Wildman–Crippen LogP) is 2.19. The quantitative estimate of drug-likeness (QED) is 0.882. The van der Waals surface area contributed by atoms with Crippen LogP contribution in [-0.4, -0.2) is 43.9 Å². The molecule has 2 N–H and O–H groups in total. The molecule has 0 radical (unpaired) electrons. The first-order valence-corrected chi connectivity index (χ1v) is 9.00. The van der Waals surface area contributed by atoms with Crippen LogP contribution in [0.3, 0.4) is 0 Å². The molecule has 1 fully saturated rings. The number of carbonyl (C=O) groups is 1. The van der Waals surface area contributed by atoms with Gasteiger partial charge in [0.05, 0.1) is 17.3 Å². The zero-order chi connectivity index (χ0) is 18.9. The van der Waals surface area contributed by atoms with Gasteiger partial charge in [0.25, 0.3) is 0 Å². The Labute approximate surface area is 154 Å². The second-order valence-corrected chi connectivity index (χ2v) is 7.14. The first kappa shape index (κ1) is 18.4. The topological polar surface area (TPSA) is 83.3 Å². The van der Waals surface area contributed by atoms with Gasteiger partial charge < -0.3 is 15.3 Å². The largest absolute Gasteiger partial charge is 0.385 e. The van der Waals surface area contributed by atoms with E-state index in [0.29, 0.717) is 25.9 Å². The summed E-state index contributed by atoms with van der Waals surface area (Å²) in [5.74, 6) is 0. The maximum Gasteiger partial charge on any atom is 0.317 e. The highest BCUT2D eigenvalue weighted by Gasteiger charge is 2.36. The summed E-state index contributed by atoms with van der Waals surface area (Å²) in [5.41, 5.74) is 2.95. The third kappa shape index (κ3) is 3.44. The molecule has 7 nitrogen and oxygen atoms in total. The molecular weight excluding hydrogens is 330 g/mol.